The van der Waals surface area contributed by atoms with Gasteiger partial charge in [-0.2, -0.15) is 26.3 Å². The number of rotatable bonds is 2. The zero-order valence-corrected chi connectivity index (χ0v) is 18.7. The number of hydrogen-bond donors (Lipinski definition) is 3. The highest BCUT2D eigenvalue weighted by molar-refractivity contribution is 6.10. The van der Waals surface area contributed by atoms with Crippen LogP contribution >= 0.6 is 0 Å². The third kappa shape index (κ3) is 7.38. The van der Waals surface area contributed by atoms with E-state index in [1.807, 2.05) is 20.2 Å². The van der Waals surface area contributed by atoms with Gasteiger partial charge in [0.2, 0.25) is 6.29 Å². The van der Waals surface area contributed by atoms with E-state index >= 15 is 0 Å². The zero-order chi connectivity index (χ0) is 27.3. The highest BCUT2D eigenvalue weighted by atomic mass is 19.4. The van der Waals surface area contributed by atoms with E-state index in [1.165, 1.54) is 11.4 Å². The van der Waals surface area contributed by atoms with Crippen molar-refractivity contribution in [2.75, 3.05) is 29.2 Å². The second-order valence-electron chi connectivity index (χ2n) is 7.32. The van der Waals surface area contributed by atoms with Crippen molar-refractivity contribution in [3.8, 4) is 0 Å². The van der Waals surface area contributed by atoms with Gasteiger partial charge in [0.1, 0.15) is 0 Å². The average molecular weight is 518 g/mol. The molecule has 2 aliphatic rings. The topological polar surface area (TPSA) is 105 Å². The van der Waals surface area contributed by atoms with Gasteiger partial charge in [0.25, 0.3) is 0 Å². The second-order valence-corrected chi connectivity index (χ2v) is 7.32. The van der Waals surface area contributed by atoms with Gasteiger partial charge >= 0.3 is 24.3 Å². The molecule has 2 heterocycles. The Morgan fingerprint density at radius 1 is 0.917 bits per heavy atom. The van der Waals surface area contributed by atoms with Gasteiger partial charge in [0.05, 0.1) is 17.1 Å². The fraction of sp³-hybridized carbons (Fsp3) is 0.227. The number of allylic oxidation sites excluding steroid dienone is 1. The summed E-state index contributed by atoms with van der Waals surface area (Å²) in [5, 5.41) is 17.7. The lowest BCUT2D eigenvalue weighted by Gasteiger charge is -2.24. The van der Waals surface area contributed by atoms with Crippen molar-refractivity contribution in [2.45, 2.75) is 18.6 Å². The first-order valence-corrected chi connectivity index (χ1v) is 9.89. The maximum atomic E-state index is 10.6. The fourth-order valence-corrected chi connectivity index (χ4v) is 2.84. The number of aliphatic imine (C=N–C) groups is 1. The first-order valence-electron chi connectivity index (χ1n) is 9.89. The van der Waals surface area contributed by atoms with Gasteiger partial charge in [-0.15, -0.1) is 0 Å². The van der Waals surface area contributed by atoms with Gasteiger partial charge < -0.3 is 25.3 Å². The predicted molar refractivity (Wildman–Crippen MR) is 120 cm³/mol. The largest absolute Gasteiger partial charge is 0.490 e. The van der Waals surface area contributed by atoms with E-state index in [-0.39, 0.29) is 6.29 Å². The Labute approximate surface area is 200 Å². The van der Waals surface area contributed by atoms with E-state index in [0.29, 0.717) is 0 Å². The number of anilines is 3. The number of carboxylic acids is 2. The minimum absolute atomic E-state index is 0.0501. The molecule has 1 atom stereocenters. The van der Waals surface area contributed by atoms with Crippen LogP contribution in [-0.4, -0.2) is 60.6 Å². The Kier molecular flexibility index (Phi) is 8.57. The number of nitrogens with zero attached hydrogens (tertiary/aromatic N) is 3. The number of nitrogens with one attached hydrogen (secondary N) is 1. The number of carbonyl (C=O) groups is 2. The van der Waals surface area contributed by atoms with Gasteiger partial charge in [-0.05, 0) is 30.3 Å². The van der Waals surface area contributed by atoms with Crippen LogP contribution < -0.4 is 15.1 Å². The van der Waals surface area contributed by atoms with Crippen molar-refractivity contribution < 1.29 is 46.1 Å². The molecule has 4 rings (SSSR count). The molecule has 0 fully saturated rings. The highest BCUT2D eigenvalue weighted by Crippen LogP contribution is 2.36. The third-order valence-corrected chi connectivity index (χ3v) is 4.55. The number of carboxylic acid groups (broad SMARTS) is 2. The zero-order valence-electron chi connectivity index (χ0n) is 18.7. The Hall–Kier alpha value is -4.23. The summed E-state index contributed by atoms with van der Waals surface area (Å²) in [7, 11) is 4.09. The molecule has 0 amide bonds. The number of aliphatic carboxylic acids is 2. The number of fused-ring (bicyclic) bond motifs is 3. The summed E-state index contributed by atoms with van der Waals surface area (Å²) in [4.78, 5) is 26.9. The van der Waals surface area contributed by atoms with Crippen molar-refractivity contribution in [2.24, 2.45) is 4.99 Å². The monoisotopic (exact) mass is 518 g/mol. The Morgan fingerprint density at radius 2 is 1.42 bits per heavy atom. The van der Waals surface area contributed by atoms with Crippen LogP contribution in [0, 0.1) is 0 Å². The number of hydrogen-bond acceptors (Lipinski definition) is 6. The van der Waals surface area contributed by atoms with Gasteiger partial charge in [0.15, 0.2) is 0 Å². The summed E-state index contributed by atoms with van der Waals surface area (Å²) in [6.45, 7) is 0. The van der Waals surface area contributed by atoms with Gasteiger partial charge in [0, 0.05) is 31.5 Å². The van der Waals surface area contributed by atoms with Crippen LogP contribution in [0.4, 0.5) is 43.4 Å². The molecule has 0 radical (unpaired) electrons. The molecule has 0 aromatic heterocycles. The van der Waals surface area contributed by atoms with Crippen molar-refractivity contribution in [3.63, 3.8) is 0 Å². The average Bonchev–Trinajstić information content (AvgIpc) is 3.16. The molecule has 0 bridgehead atoms. The highest BCUT2D eigenvalue weighted by Gasteiger charge is 2.38. The summed E-state index contributed by atoms with van der Waals surface area (Å²) < 4.78 is 63.5. The van der Waals surface area contributed by atoms with Crippen LogP contribution in [0.15, 0.2) is 65.8 Å². The fourth-order valence-electron chi connectivity index (χ4n) is 2.84. The summed E-state index contributed by atoms with van der Waals surface area (Å²) in [6.07, 6.45) is -6.04. The van der Waals surface area contributed by atoms with Crippen LogP contribution in [0.2, 0.25) is 0 Å². The van der Waals surface area contributed by atoms with Crippen LogP contribution in [0.5, 0.6) is 0 Å². The van der Waals surface area contributed by atoms with Crippen molar-refractivity contribution in [3.05, 3.63) is 66.4 Å². The van der Waals surface area contributed by atoms with E-state index in [0.717, 1.165) is 17.0 Å². The molecule has 14 heteroatoms. The van der Waals surface area contributed by atoms with Crippen LogP contribution in [0.3, 0.4) is 0 Å². The van der Waals surface area contributed by atoms with Crippen molar-refractivity contribution >= 4 is 34.7 Å². The molecule has 0 saturated carbocycles. The van der Waals surface area contributed by atoms with E-state index in [1.54, 1.807) is 0 Å². The molecule has 2 aliphatic heterocycles. The molecule has 36 heavy (non-hydrogen) atoms. The van der Waals surface area contributed by atoms with E-state index < -0.39 is 24.3 Å². The molecule has 3 N–H and O–H groups in total. The van der Waals surface area contributed by atoms with E-state index in [4.69, 9.17) is 24.8 Å². The van der Waals surface area contributed by atoms with Crippen molar-refractivity contribution in [1.29, 1.82) is 0 Å². The lowest BCUT2D eigenvalue weighted by Crippen LogP contribution is -2.33. The molecule has 0 aliphatic carbocycles. The standard InChI is InChI=1S/C18H18N4.2C2HF3O2/c1-21(2)14-9-7-13(8-10-14)15-11-12-22-17-6-4-3-5-16(17)20-18(22)19-15;2*3-2(4,5)1(6)7/h3-12,18,20H,1-2H3;2*(H,6,7). The Bertz CT molecular complexity index is 1120. The van der Waals surface area contributed by atoms with E-state index in [2.05, 4.69) is 69.9 Å². The molecular formula is C22H20F6N4O4. The molecule has 0 saturated heterocycles. The summed E-state index contributed by atoms with van der Waals surface area (Å²) in [6, 6.07) is 16.8. The molecule has 0 spiro atoms. The summed E-state index contributed by atoms with van der Waals surface area (Å²) in [5.41, 5.74) is 5.64. The molecule has 2 aromatic rings. The lowest BCUT2D eigenvalue weighted by molar-refractivity contribution is -0.193. The number of para-hydroxylation sites is 2. The van der Waals surface area contributed by atoms with Crippen LogP contribution in [0.1, 0.15) is 5.56 Å². The first-order chi connectivity index (χ1) is 16.6. The SMILES string of the molecule is CN(C)c1ccc(C2=NC3Nc4ccccc4N3C=C2)cc1.O=C(O)C(F)(F)F.O=C(O)C(F)(F)F. The van der Waals surface area contributed by atoms with Gasteiger partial charge in [-0.25, -0.2) is 14.6 Å². The predicted octanol–water partition coefficient (Wildman–Crippen LogP) is 4.55. The molecular weight excluding hydrogens is 498 g/mol. The lowest BCUT2D eigenvalue weighted by atomic mass is 10.1. The molecule has 194 valence electrons. The second kappa shape index (κ2) is 11.0. The van der Waals surface area contributed by atoms with Crippen LogP contribution in [-0.2, 0) is 9.59 Å². The van der Waals surface area contributed by atoms with Crippen molar-refractivity contribution in [1.82, 2.24) is 0 Å². The third-order valence-electron chi connectivity index (χ3n) is 4.55. The maximum absolute atomic E-state index is 10.6. The van der Waals surface area contributed by atoms with Gasteiger partial charge in [-0.1, -0.05) is 24.3 Å². The first kappa shape index (κ1) is 28.0. The summed E-state index contributed by atoms with van der Waals surface area (Å²) in [5.74, 6) is -5.51. The van der Waals surface area contributed by atoms with Gasteiger partial charge in [-0.3, -0.25) is 0 Å². The van der Waals surface area contributed by atoms with E-state index in [9.17, 15) is 26.3 Å². The molecule has 2 aromatic carbocycles. The minimum atomic E-state index is -5.08. The quantitative estimate of drug-likeness (QED) is 0.501. The smallest absolute Gasteiger partial charge is 0.475 e. The summed E-state index contributed by atoms with van der Waals surface area (Å²) >= 11 is 0. The Balaban J connectivity index is 0.000000271. The number of halogens is 6. The molecule has 8 nitrogen and oxygen atoms in total. The number of alkyl halides is 6. The normalized spacial score (nSPS) is 15.6. The maximum Gasteiger partial charge on any atom is 0.490 e. The van der Waals surface area contributed by atoms with Crippen LogP contribution in [0.25, 0.3) is 0 Å². The Morgan fingerprint density at radius 3 is 1.89 bits per heavy atom. The molecule has 1 unspecified atom stereocenters. The minimum Gasteiger partial charge on any atom is -0.475 e. The number of benzene rings is 2.